The van der Waals surface area contributed by atoms with Crippen molar-refractivity contribution in [3.8, 4) is 11.5 Å². The molecule has 0 radical (unpaired) electrons. The van der Waals surface area contributed by atoms with Gasteiger partial charge in [-0.1, -0.05) is 51.0 Å². The Morgan fingerprint density at radius 3 is 2.17 bits per heavy atom. The van der Waals surface area contributed by atoms with Gasteiger partial charge < -0.3 is 5.11 Å². The highest BCUT2D eigenvalue weighted by molar-refractivity contribution is 6.87. The summed E-state index contributed by atoms with van der Waals surface area (Å²) >= 11 is 0. The lowest BCUT2D eigenvalue weighted by molar-refractivity contribution is 0.237. The number of rotatable bonds is 4. The van der Waals surface area contributed by atoms with E-state index >= 15 is 0 Å². The molecule has 1 unspecified atom stereocenters. The van der Waals surface area contributed by atoms with Crippen LogP contribution in [0.2, 0.25) is 18.1 Å². The van der Waals surface area contributed by atoms with Crippen LogP contribution in [-0.2, 0) is 0 Å². The van der Waals surface area contributed by atoms with Gasteiger partial charge in [0.05, 0.1) is 0 Å². The first kappa shape index (κ1) is 15.0. The largest absolute Gasteiger partial charge is 0.376 e. The van der Waals surface area contributed by atoms with Crippen molar-refractivity contribution in [1.29, 1.82) is 0 Å². The molecule has 0 aliphatic rings. The molecule has 1 aromatic carbocycles. The van der Waals surface area contributed by atoms with Crippen molar-refractivity contribution in [1.82, 2.24) is 0 Å². The fraction of sp³-hybridized carbons (Fsp3) is 0.500. The van der Waals surface area contributed by atoms with Gasteiger partial charge >= 0.3 is 0 Å². The fourth-order valence-electron chi connectivity index (χ4n) is 2.21. The molecule has 0 heterocycles. The summed E-state index contributed by atoms with van der Waals surface area (Å²) in [6.07, 6.45) is -0.636. The molecule has 0 amide bonds. The average molecular weight is 260 g/mol. The number of aliphatic hydroxyl groups is 1. The van der Waals surface area contributed by atoms with Crippen LogP contribution in [-0.4, -0.2) is 13.2 Å². The van der Waals surface area contributed by atoms with Crippen molar-refractivity contribution in [2.45, 2.75) is 51.9 Å². The number of aliphatic hydroxyl groups excluding tert-OH is 1. The highest BCUT2D eigenvalue weighted by atomic mass is 28.3. The second-order valence-electron chi connectivity index (χ2n) is 4.87. The average Bonchev–Trinajstić information content (AvgIpc) is 2.41. The number of aryl methyl sites for hydroxylation is 1. The summed E-state index contributed by atoms with van der Waals surface area (Å²) < 4.78 is 0. The van der Waals surface area contributed by atoms with E-state index < -0.39 is 14.2 Å². The molecule has 0 fully saturated rings. The molecule has 0 aliphatic heterocycles. The molecule has 98 valence electrons. The summed E-state index contributed by atoms with van der Waals surface area (Å²) in [7, 11) is -1.45. The second-order valence-corrected chi connectivity index (χ2v) is 9.80. The molecule has 18 heavy (non-hydrogen) atoms. The van der Waals surface area contributed by atoms with Gasteiger partial charge in [-0.15, -0.1) is 5.54 Å². The van der Waals surface area contributed by atoms with Crippen molar-refractivity contribution < 1.29 is 5.11 Å². The molecule has 2 heteroatoms. The topological polar surface area (TPSA) is 20.2 Å². The van der Waals surface area contributed by atoms with Gasteiger partial charge in [0.15, 0.2) is 0 Å². The first-order valence-corrected chi connectivity index (χ1v) is 9.47. The number of benzene rings is 1. The first-order valence-electron chi connectivity index (χ1n) is 6.84. The van der Waals surface area contributed by atoms with Crippen LogP contribution in [0.25, 0.3) is 0 Å². The second kappa shape index (κ2) is 6.77. The lowest BCUT2D eigenvalue weighted by Gasteiger charge is -2.20. The van der Waals surface area contributed by atoms with Gasteiger partial charge in [0, 0.05) is 0 Å². The van der Waals surface area contributed by atoms with Crippen molar-refractivity contribution in [2.75, 3.05) is 0 Å². The van der Waals surface area contributed by atoms with E-state index in [0.29, 0.717) is 0 Å². The van der Waals surface area contributed by atoms with Crippen LogP contribution in [0.4, 0.5) is 0 Å². The Bertz CT molecular complexity index is 430. The fourth-order valence-corrected chi connectivity index (χ4v) is 4.68. The van der Waals surface area contributed by atoms with Crippen LogP contribution < -0.4 is 0 Å². The Morgan fingerprint density at radius 2 is 1.67 bits per heavy atom. The standard InChI is InChI=1S/C16H24OSi/c1-5-18(6-2,7-3)13-12-16(17)15-11-9-8-10-14(15)4/h8-11,16-17H,5-7H2,1-4H3. The van der Waals surface area contributed by atoms with E-state index in [1.807, 2.05) is 31.2 Å². The Hall–Kier alpha value is -1.04. The third kappa shape index (κ3) is 3.47. The highest BCUT2D eigenvalue weighted by Gasteiger charge is 2.24. The van der Waals surface area contributed by atoms with Crippen LogP contribution in [0.15, 0.2) is 24.3 Å². The highest BCUT2D eigenvalue weighted by Crippen LogP contribution is 2.21. The smallest absolute Gasteiger partial charge is 0.139 e. The van der Waals surface area contributed by atoms with Crippen molar-refractivity contribution in [2.24, 2.45) is 0 Å². The van der Waals surface area contributed by atoms with E-state index in [9.17, 15) is 5.11 Å². The van der Waals surface area contributed by atoms with Gasteiger partial charge in [0.1, 0.15) is 14.2 Å². The minimum absolute atomic E-state index is 0.636. The maximum Gasteiger partial charge on any atom is 0.139 e. The normalized spacial score (nSPS) is 12.7. The predicted molar refractivity (Wildman–Crippen MR) is 81.1 cm³/mol. The van der Waals surface area contributed by atoms with E-state index in [0.717, 1.165) is 11.1 Å². The van der Waals surface area contributed by atoms with E-state index in [-0.39, 0.29) is 0 Å². The summed E-state index contributed by atoms with van der Waals surface area (Å²) in [4.78, 5) is 0. The van der Waals surface area contributed by atoms with E-state index in [1.165, 1.54) is 18.1 Å². The third-order valence-electron chi connectivity index (χ3n) is 3.99. The van der Waals surface area contributed by atoms with Crippen molar-refractivity contribution in [3.63, 3.8) is 0 Å². The SMILES string of the molecule is CC[Si](C#CC(O)c1ccccc1C)(CC)CC. The maximum atomic E-state index is 10.2. The van der Waals surface area contributed by atoms with E-state index in [1.54, 1.807) is 0 Å². The van der Waals surface area contributed by atoms with E-state index in [2.05, 4.69) is 32.2 Å². The van der Waals surface area contributed by atoms with Crippen LogP contribution in [0.3, 0.4) is 0 Å². The molecule has 0 bridgehead atoms. The molecule has 0 spiro atoms. The number of hydrogen-bond donors (Lipinski definition) is 1. The first-order chi connectivity index (χ1) is 8.58. The molecule has 1 aromatic rings. The number of hydrogen-bond acceptors (Lipinski definition) is 1. The van der Waals surface area contributed by atoms with Gasteiger partial charge in [-0.3, -0.25) is 0 Å². The maximum absolute atomic E-state index is 10.2. The van der Waals surface area contributed by atoms with Gasteiger partial charge in [0.2, 0.25) is 0 Å². The zero-order valence-electron chi connectivity index (χ0n) is 12.0. The van der Waals surface area contributed by atoms with Crippen molar-refractivity contribution >= 4 is 8.07 Å². The quantitative estimate of drug-likeness (QED) is 0.639. The molecule has 0 aromatic heterocycles. The summed E-state index contributed by atoms with van der Waals surface area (Å²) in [5, 5.41) is 10.2. The van der Waals surface area contributed by atoms with Gasteiger partial charge in [-0.25, -0.2) is 0 Å². The summed E-state index contributed by atoms with van der Waals surface area (Å²) in [6, 6.07) is 11.4. The minimum atomic E-state index is -1.45. The molecule has 1 nitrogen and oxygen atoms in total. The zero-order chi connectivity index (χ0) is 13.6. The predicted octanol–water partition coefficient (Wildman–Crippen LogP) is 4.08. The van der Waals surface area contributed by atoms with Gasteiger partial charge in [-0.2, -0.15) is 0 Å². The third-order valence-corrected chi connectivity index (χ3v) is 8.72. The Morgan fingerprint density at radius 1 is 1.11 bits per heavy atom. The zero-order valence-corrected chi connectivity index (χ0v) is 13.0. The van der Waals surface area contributed by atoms with Gasteiger partial charge in [-0.05, 0) is 36.2 Å². The molecule has 0 saturated carbocycles. The molecule has 0 aliphatic carbocycles. The molecule has 1 atom stereocenters. The summed E-state index contributed by atoms with van der Waals surface area (Å²) in [5.74, 6) is 3.10. The monoisotopic (exact) mass is 260 g/mol. The van der Waals surface area contributed by atoms with E-state index in [4.69, 9.17) is 0 Å². The molecular formula is C16H24OSi. The van der Waals surface area contributed by atoms with Crippen LogP contribution in [0.5, 0.6) is 0 Å². The van der Waals surface area contributed by atoms with Crippen LogP contribution in [0.1, 0.15) is 38.0 Å². The Kier molecular flexibility index (Phi) is 5.65. The lowest BCUT2D eigenvalue weighted by atomic mass is 10.0. The molecule has 1 rings (SSSR count). The summed E-state index contributed by atoms with van der Waals surface area (Å²) in [6.45, 7) is 8.71. The van der Waals surface area contributed by atoms with Gasteiger partial charge in [0.25, 0.3) is 0 Å². The molecular weight excluding hydrogens is 236 g/mol. The summed E-state index contributed by atoms with van der Waals surface area (Å²) in [5.41, 5.74) is 5.50. The lowest BCUT2D eigenvalue weighted by Crippen LogP contribution is -2.29. The molecule has 1 N–H and O–H groups in total. The van der Waals surface area contributed by atoms with Crippen molar-refractivity contribution in [3.05, 3.63) is 35.4 Å². The Balaban J connectivity index is 2.95. The minimum Gasteiger partial charge on any atom is -0.376 e. The van der Waals surface area contributed by atoms with Crippen LogP contribution in [0, 0.1) is 18.4 Å². The Labute approximate surface area is 112 Å². The van der Waals surface area contributed by atoms with Crippen LogP contribution >= 0.6 is 0 Å². The molecule has 0 saturated heterocycles.